The molecule has 4 nitrogen and oxygen atoms in total. The number of Topliss-reactive ketones (excluding diaryl/α,β-unsaturated/α-hetero) is 1. The van der Waals surface area contributed by atoms with Crippen molar-refractivity contribution in [3.8, 4) is 5.75 Å². The van der Waals surface area contributed by atoms with Crippen LogP contribution in [0.4, 0.5) is 5.69 Å². The molecule has 90 valence electrons. The topological polar surface area (TPSA) is 50.7 Å². The van der Waals surface area contributed by atoms with Crippen molar-refractivity contribution in [3.63, 3.8) is 0 Å². The highest BCUT2D eigenvalue weighted by Gasteiger charge is 2.29. The molecule has 0 aromatic heterocycles. The van der Waals surface area contributed by atoms with Gasteiger partial charge in [-0.15, -0.1) is 0 Å². The summed E-state index contributed by atoms with van der Waals surface area (Å²) < 4.78 is 0. The van der Waals surface area contributed by atoms with E-state index in [2.05, 4.69) is 10.5 Å². The first-order valence-electron chi connectivity index (χ1n) is 5.24. The van der Waals surface area contributed by atoms with Crippen LogP contribution in [0.1, 0.15) is 20.8 Å². The molecule has 0 saturated heterocycles. The number of hydrogen-bond donors (Lipinski definition) is 1. The molecule has 0 radical (unpaired) electrons. The van der Waals surface area contributed by atoms with Gasteiger partial charge in [0.1, 0.15) is 5.69 Å². The summed E-state index contributed by atoms with van der Waals surface area (Å²) in [5.74, 6) is 0.573. The molecule has 0 saturated carbocycles. The lowest BCUT2D eigenvalue weighted by Gasteiger charge is -2.22. The van der Waals surface area contributed by atoms with Crippen molar-refractivity contribution in [2.24, 2.45) is 10.4 Å². The van der Waals surface area contributed by atoms with Gasteiger partial charge in [0.2, 0.25) is 11.6 Å². The number of nitrogens with one attached hydrogen (secondary N) is 1. The number of rotatable bonds is 1. The van der Waals surface area contributed by atoms with Crippen molar-refractivity contribution in [2.75, 3.05) is 0 Å². The van der Waals surface area contributed by atoms with E-state index in [1.807, 2.05) is 20.8 Å². The SMILES string of the molecule is CC(C)(C)C(=O)C1=Nc2c(Cl)cccc2ON1. The average molecular weight is 253 g/mol. The van der Waals surface area contributed by atoms with Crippen molar-refractivity contribution in [1.82, 2.24) is 5.48 Å². The quantitative estimate of drug-likeness (QED) is 0.836. The molecule has 0 spiro atoms. The summed E-state index contributed by atoms with van der Waals surface area (Å²) in [5.41, 5.74) is 2.52. The van der Waals surface area contributed by atoms with Gasteiger partial charge in [0.05, 0.1) is 5.02 Å². The number of hydrogen-bond acceptors (Lipinski definition) is 4. The monoisotopic (exact) mass is 252 g/mol. The minimum Gasteiger partial charge on any atom is -0.378 e. The molecule has 0 amide bonds. The standard InChI is InChI=1S/C12H13ClN2O2/c1-12(2,3)10(16)11-14-9-7(13)5-4-6-8(9)17-15-11/h4-6H,1-3H3,(H,14,15). The summed E-state index contributed by atoms with van der Waals surface area (Å²) >= 11 is 6.00. The van der Waals surface area contributed by atoms with Gasteiger partial charge < -0.3 is 4.84 Å². The molecular formula is C12H13ClN2O2. The Labute approximate surface area is 105 Å². The van der Waals surface area contributed by atoms with Crippen LogP contribution in [0.15, 0.2) is 23.2 Å². The minimum atomic E-state index is -0.520. The first kappa shape index (κ1) is 11.9. The molecule has 0 bridgehead atoms. The second-order valence-corrected chi connectivity index (χ2v) is 5.24. The Morgan fingerprint density at radius 2 is 2.12 bits per heavy atom. The lowest BCUT2D eigenvalue weighted by Crippen LogP contribution is -2.41. The molecule has 0 fully saturated rings. The molecule has 5 heteroatoms. The third kappa shape index (κ3) is 2.26. The molecule has 0 atom stereocenters. The largest absolute Gasteiger partial charge is 0.378 e. The normalized spacial score (nSPS) is 14.2. The van der Waals surface area contributed by atoms with E-state index in [1.165, 1.54) is 0 Å². The maximum atomic E-state index is 12.0. The Kier molecular flexibility index (Phi) is 2.83. The number of hydroxylamine groups is 1. The summed E-state index contributed by atoms with van der Waals surface area (Å²) in [7, 11) is 0. The molecular weight excluding hydrogens is 240 g/mol. The molecule has 0 unspecified atom stereocenters. The molecule has 1 heterocycles. The van der Waals surface area contributed by atoms with Crippen LogP contribution in [0, 0.1) is 5.41 Å². The number of amidine groups is 1. The molecule has 1 aromatic rings. The average Bonchev–Trinajstić information content (AvgIpc) is 2.27. The van der Waals surface area contributed by atoms with Crippen LogP contribution in [0.3, 0.4) is 0 Å². The molecule has 2 rings (SSSR count). The number of aliphatic imine (C=N–C) groups is 1. The molecule has 0 aliphatic carbocycles. The number of carbonyl (C=O) groups excluding carboxylic acids is 1. The Hall–Kier alpha value is -1.55. The van der Waals surface area contributed by atoms with E-state index in [9.17, 15) is 4.79 Å². The van der Waals surface area contributed by atoms with Crippen molar-refractivity contribution in [1.29, 1.82) is 0 Å². The highest BCUT2D eigenvalue weighted by Crippen LogP contribution is 2.36. The van der Waals surface area contributed by atoms with E-state index in [0.29, 0.717) is 16.5 Å². The minimum absolute atomic E-state index is 0.122. The summed E-state index contributed by atoms with van der Waals surface area (Å²) in [5, 5.41) is 0.461. The predicted octanol–water partition coefficient (Wildman–Crippen LogP) is 2.88. The van der Waals surface area contributed by atoms with Crippen molar-refractivity contribution >= 4 is 28.9 Å². The highest BCUT2D eigenvalue weighted by molar-refractivity contribution is 6.41. The first-order valence-corrected chi connectivity index (χ1v) is 5.62. The van der Waals surface area contributed by atoms with E-state index in [1.54, 1.807) is 18.2 Å². The summed E-state index contributed by atoms with van der Waals surface area (Å²) in [4.78, 5) is 21.5. The Morgan fingerprint density at radius 1 is 1.41 bits per heavy atom. The van der Waals surface area contributed by atoms with Crippen LogP contribution in [0.2, 0.25) is 5.02 Å². The number of halogens is 1. The number of ketones is 1. The van der Waals surface area contributed by atoms with Gasteiger partial charge in [-0.25, -0.2) is 10.5 Å². The summed E-state index contributed by atoms with van der Waals surface area (Å²) in [6.45, 7) is 5.46. The van der Waals surface area contributed by atoms with Gasteiger partial charge in [0, 0.05) is 5.41 Å². The molecule has 1 N–H and O–H groups in total. The smallest absolute Gasteiger partial charge is 0.206 e. The Bertz CT molecular complexity index is 504. The van der Waals surface area contributed by atoms with Gasteiger partial charge in [0.15, 0.2) is 5.75 Å². The van der Waals surface area contributed by atoms with Gasteiger partial charge in [-0.3, -0.25) is 4.79 Å². The molecule has 17 heavy (non-hydrogen) atoms. The van der Waals surface area contributed by atoms with Crippen LogP contribution < -0.4 is 10.3 Å². The summed E-state index contributed by atoms with van der Waals surface area (Å²) in [6, 6.07) is 5.20. The van der Waals surface area contributed by atoms with Crippen LogP contribution in [0.25, 0.3) is 0 Å². The van der Waals surface area contributed by atoms with E-state index in [4.69, 9.17) is 16.4 Å². The first-order chi connectivity index (χ1) is 7.89. The zero-order valence-corrected chi connectivity index (χ0v) is 10.6. The maximum Gasteiger partial charge on any atom is 0.206 e. The van der Waals surface area contributed by atoms with Crippen LogP contribution in [0.5, 0.6) is 5.75 Å². The third-order valence-electron chi connectivity index (χ3n) is 2.33. The Balaban J connectivity index is 2.42. The van der Waals surface area contributed by atoms with E-state index < -0.39 is 5.41 Å². The van der Waals surface area contributed by atoms with Crippen molar-refractivity contribution < 1.29 is 9.63 Å². The fourth-order valence-corrected chi connectivity index (χ4v) is 1.58. The molecule has 1 aliphatic rings. The maximum absolute atomic E-state index is 12.0. The predicted molar refractivity (Wildman–Crippen MR) is 66.8 cm³/mol. The fraction of sp³-hybridized carbons (Fsp3) is 0.333. The second kappa shape index (κ2) is 4.04. The van der Waals surface area contributed by atoms with Crippen LogP contribution in [-0.2, 0) is 4.79 Å². The second-order valence-electron chi connectivity index (χ2n) is 4.83. The number of carbonyl (C=O) groups is 1. The number of benzene rings is 1. The molecule has 1 aliphatic heterocycles. The number of para-hydroxylation sites is 1. The zero-order valence-electron chi connectivity index (χ0n) is 9.87. The van der Waals surface area contributed by atoms with Gasteiger partial charge in [-0.1, -0.05) is 38.4 Å². The number of fused-ring (bicyclic) bond motifs is 1. The van der Waals surface area contributed by atoms with E-state index in [0.717, 1.165) is 0 Å². The molecule has 1 aromatic carbocycles. The lowest BCUT2D eigenvalue weighted by atomic mass is 9.90. The third-order valence-corrected chi connectivity index (χ3v) is 2.63. The van der Waals surface area contributed by atoms with Gasteiger partial charge in [-0.05, 0) is 12.1 Å². The summed E-state index contributed by atoms with van der Waals surface area (Å²) in [6.07, 6.45) is 0. The van der Waals surface area contributed by atoms with Gasteiger partial charge >= 0.3 is 0 Å². The van der Waals surface area contributed by atoms with Crippen molar-refractivity contribution in [3.05, 3.63) is 23.2 Å². The van der Waals surface area contributed by atoms with Crippen LogP contribution in [-0.4, -0.2) is 11.6 Å². The van der Waals surface area contributed by atoms with E-state index in [-0.39, 0.29) is 11.6 Å². The van der Waals surface area contributed by atoms with Gasteiger partial charge in [-0.2, -0.15) is 0 Å². The van der Waals surface area contributed by atoms with Crippen molar-refractivity contribution in [2.45, 2.75) is 20.8 Å². The van der Waals surface area contributed by atoms with Crippen LogP contribution >= 0.6 is 11.6 Å². The lowest BCUT2D eigenvalue weighted by molar-refractivity contribution is -0.120. The number of nitrogens with zero attached hydrogens (tertiary/aromatic N) is 1. The van der Waals surface area contributed by atoms with E-state index >= 15 is 0 Å². The highest BCUT2D eigenvalue weighted by atomic mass is 35.5. The Morgan fingerprint density at radius 3 is 2.76 bits per heavy atom. The zero-order chi connectivity index (χ0) is 12.6. The fourth-order valence-electron chi connectivity index (χ4n) is 1.38. The van der Waals surface area contributed by atoms with Gasteiger partial charge in [0.25, 0.3) is 0 Å².